The molecular formula is C9H14O6. The second-order valence-corrected chi connectivity index (χ2v) is 2.87. The van der Waals surface area contributed by atoms with Gasteiger partial charge < -0.3 is 14.2 Å². The second kappa shape index (κ2) is 6.00. The number of hydrogen-bond donors (Lipinski definition) is 0. The monoisotopic (exact) mass is 218 g/mol. The van der Waals surface area contributed by atoms with Crippen LogP contribution in [-0.2, 0) is 28.6 Å². The van der Waals surface area contributed by atoms with Crippen molar-refractivity contribution in [2.45, 2.75) is 33.0 Å². The first-order chi connectivity index (χ1) is 6.88. The molecule has 0 aromatic heterocycles. The lowest BCUT2D eigenvalue weighted by atomic mass is 10.2. The molecule has 0 aromatic carbocycles. The van der Waals surface area contributed by atoms with Gasteiger partial charge in [-0.25, -0.2) is 4.79 Å². The summed E-state index contributed by atoms with van der Waals surface area (Å²) in [5.74, 6) is -1.98. The molecule has 86 valence electrons. The molecule has 0 aromatic rings. The van der Waals surface area contributed by atoms with Crippen LogP contribution in [-0.4, -0.2) is 37.2 Å². The predicted molar refractivity (Wildman–Crippen MR) is 48.8 cm³/mol. The Morgan fingerprint density at radius 2 is 1.47 bits per heavy atom. The minimum Gasteiger partial charge on any atom is -0.466 e. The third-order valence-electron chi connectivity index (χ3n) is 1.50. The Morgan fingerprint density at radius 3 is 1.80 bits per heavy atom. The normalized spacial score (nSPS) is 13.6. The van der Waals surface area contributed by atoms with Gasteiger partial charge >= 0.3 is 17.9 Å². The molecule has 0 saturated carbocycles. The fraction of sp³-hybridized carbons (Fsp3) is 0.667. The van der Waals surface area contributed by atoms with E-state index in [1.165, 1.54) is 13.8 Å². The zero-order chi connectivity index (χ0) is 12.0. The van der Waals surface area contributed by atoms with E-state index in [1.807, 2.05) is 0 Å². The topological polar surface area (TPSA) is 78.9 Å². The van der Waals surface area contributed by atoms with Crippen LogP contribution in [0.4, 0.5) is 0 Å². The second-order valence-electron chi connectivity index (χ2n) is 2.87. The van der Waals surface area contributed by atoms with Gasteiger partial charge in [0.15, 0.2) is 0 Å². The van der Waals surface area contributed by atoms with Gasteiger partial charge in [-0.1, -0.05) is 0 Å². The number of methoxy groups -OCH3 is 1. The van der Waals surface area contributed by atoms with E-state index in [1.54, 1.807) is 0 Å². The lowest BCUT2D eigenvalue weighted by Crippen LogP contribution is -2.39. The summed E-state index contributed by atoms with van der Waals surface area (Å²) in [6.07, 6.45) is -2.10. The summed E-state index contributed by atoms with van der Waals surface area (Å²) < 4.78 is 13.8. The van der Waals surface area contributed by atoms with Crippen LogP contribution in [0.2, 0.25) is 0 Å². The van der Waals surface area contributed by atoms with Gasteiger partial charge in [0, 0.05) is 13.8 Å². The van der Waals surface area contributed by atoms with Crippen molar-refractivity contribution in [3.05, 3.63) is 0 Å². The van der Waals surface area contributed by atoms with Crippen LogP contribution in [0.5, 0.6) is 0 Å². The molecule has 0 aliphatic rings. The van der Waals surface area contributed by atoms with Gasteiger partial charge in [-0.2, -0.15) is 0 Å². The van der Waals surface area contributed by atoms with Crippen molar-refractivity contribution in [2.24, 2.45) is 0 Å². The van der Waals surface area contributed by atoms with Crippen molar-refractivity contribution in [1.29, 1.82) is 0 Å². The first kappa shape index (κ1) is 13.4. The Labute approximate surface area is 87.5 Å². The highest BCUT2D eigenvalue weighted by molar-refractivity contribution is 5.79. The van der Waals surface area contributed by atoms with Crippen LogP contribution in [0.3, 0.4) is 0 Å². The lowest BCUT2D eigenvalue weighted by Gasteiger charge is -2.20. The van der Waals surface area contributed by atoms with Crippen molar-refractivity contribution >= 4 is 17.9 Å². The molecule has 6 nitrogen and oxygen atoms in total. The molecule has 0 radical (unpaired) electrons. The third kappa shape index (κ3) is 4.99. The standard InChI is InChI=1S/C9H14O6/c1-5(14-6(2)10)8(9(12)13-4)15-7(3)11/h5,8H,1-4H3. The van der Waals surface area contributed by atoms with E-state index in [-0.39, 0.29) is 0 Å². The van der Waals surface area contributed by atoms with Crippen LogP contribution in [0.15, 0.2) is 0 Å². The average Bonchev–Trinajstić information content (AvgIpc) is 2.11. The quantitative estimate of drug-likeness (QED) is 0.489. The van der Waals surface area contributed by atoms with Gasteiger partial charge in [0.05, 0.1) is 7.11 Å². The fourth-order valence-corrected chi connectivity index (χ4v) is 0.954. The number of ether oxygens (including phenoxy) is 3. The molecule has 0 amide bonds. The van der Waals surface area contributed by atoms with Gasteiger partial charge in [0.2, 0.25) is 6.10 Å². The van der Waals surface area contributed by atoms with Crippen LogP contribution in [0, 0.1) is 0 Å². The Kier molecular flexibility index (Phi) is 5.36. The summed E-state index contributed by atoms with van der Waals surface area (Å²) >= 11 is 0. The van der Waals surface area contributed by atoms with Crippen LogP contribution >= 0.6 is 0 Å². The lowest BCUT2D eigenvalue weighted by molar-refractivity contribution is -0.178. The Balaban J connectivity index is 4.53. The van der Waals surface area contributed by atoms with Crippen molar-refractivity contribution in [3.63, 3.8) is 0 Å². The van der Waals surface area contributed by atoms with Gasteiger partial charge in [-0.05, 0) is 6.92 Å². The molecule has 0 bridgehead atoms. The molecule has 0 spiro atoms. The Hall–Kier alpha value is -1.59. The number of rotatable bonds is 4. The number of carbonyl (C=O) groups excluding carboxylic acids is 3. The first-order valence-electron chi connectivity index (χ1n) is 4.30. The molecule has 15 heavy (non-hydrogen) atoms. The minimum atomic E-state index is -1.23. The molecule has 6 heteroatoms. The largest absolute Gasteiger partial charge is 0.466 e. The van der Waals surface area contributed by atoms with Crippen LogP contribution in [0.25, 0.3) is 0 Å². The molecule has 2 atom stereocenters. The number of esters is 3. The highest BCUT2D eigenvalue weighted by Crippen LogP contribution is 2.06. The van der Waals surface area contributed by atoms with Gasteiger partial charge in [-0.3, -0.25) is 9.59 Å². The molecule has 0 rings (SSSR count). The van der Waals surface area contributed by atoms with E-state index < -0.39 is 30.1 Å². The molecule has 0 N–H and O–H groups in total. The number of carbonyl (C=O) groups is 3. The maximum Gasteiger partial charge on any atom is 0.351 e. The SMILES string of the molecule is COC(=O)C(OC(C)=O)C(C)OC(C)=O. The van der Waals surface area contributed by atoms with E-state index in [2.05, 4.69) is 9.47 Å². The van der Waals surface area contributed by atoms with Crippen LogP contribution in [0.1, 0.15) is 20.8 Å². The van der Waals surface area contributed by atoms with Crippen molar-refractivity contribution in [3.8, 4) is 0 Å². The summed E-state index contributed by atoms with van der Waals surface area (Å²) in [4.78, 5) is 32.5. The van der Waals surface area contributed by atoms with E-state index in [0.29, 0.717) is 0 Å². The van der Waals surface area contributed by atoms with Crippen molar-refractivity contribution in [1.82, 2.24) is 0 Å². The van der Waals surface area contributed by atoms with Gasteiger partial charge in [0.25, 0.3) is 0 Å². The smallest absolute Gasteiger partial charge is 0.351 e. The molecule has 0 saturated heterocycles. The molecule has 0 aliphatic carbocycles. The highest BCUT2D eigenvalue weighted by Gasteiger charge is 2.31. The van der Waals surface area contributed by atoms with Gasteiger partial charge in [-0.15, -0.1) is 0 Å². The van der Waals surface area contributed by atoms with E-state index >= 15 is 0 Å². The minimum absolute atomic E-state index is 0.566. The van der Waals surface area contributed by atoms with Crippen molar-refractivity contribution in [2.75, 3.05) is 7.11 Å². The first-order valence-corrected chi connectivity index (χ1v) is 4.30. The zero-order valence-corrected chi connectivity index (χ0v) is 9.10. The summed E-state index contributed by atoms with van der Waals surface area (Å²) in [6, 6.07) is 0. The van der Waals surface area contributed by atoms with Crippen molar-refractivity contribution < 1.29 is 28.6 Å². The van der Waals surface area contributed by atoms with Crippen LogP contribution < -0.4 is 0 Å². The molecular weight excluding hydrogens is 204 g/mol. The Bertz CT molecular complexity index is 259. The average molecular weight is 218 g/mol. The maximum absolute atomic E-state index is 11.2. The molecule has 0 aliphatic heterocycles. The summed E-state index contributed by atoms with van der Waals surface area (Å²) in [5, 5.41) is 0. The summed E-state index contributed by atoms with van der Waals surface area (Å²) in [6.45, 7) is 3.78. The predicted octanol–water partition coefficient (Wildman–Crippen LogP) is 0.0427. The number of hydrogen-bond acceptors (Lipinski definition) is 6. The Morgan fingerprint density at radius 1 is 1.00 bits per heavy atom. The maximum atomic E-state index is 11.2. The summed E-state index contributed by atoms with van der Waals surface area (Å²) in [7, 11) is 1.15. The molecule has 0 heterocycles. The van der Waals surface area contributed by atoms with E-state index in [4.69, 9.17) is 4.74 Å². The highest BCUT2D eigenvalue weighted by atomic mass is 16.6. The summed E-state index contributed by atoms with van der Waals surface area (Å²) in [5.41, 5.74) is 0. The van der Waals surface area contributed by atoms with Gasteiger partial charge in [0.1, 0.15) is 6.10 Å². The third-order valence-corrected chi connectivity index (χ3v) is 1.50. The van der Waals surface area contributed by atoms with E-state index in [0.717, 1.165) is 14.0 Å². The zero-order valence-electron chi connectivity index (χ0n) is 9.10. The van der Waals surface area contributed by atoms with E-state index in [9.17, 15) is 14.4 Å². The molecule has 2 unspecified atom stereocenters. The molecule has 0 fully saturated rings. The fourth-order valence-electron chi connectivity index (χ4n) is 0.954.